The van der Waals surface area contributed by atoms with Crippen LogP contribution in [0.5, 0.6) is 0 Å². The van der Waals surface area contributed by atoms with Gasteiger partial charge < -0.3 is 9.32 Å². The second-order valence-electron chi connectivity index (χ2n) is 20.8. The van der Waals surface area contributed by atoms with Crippen molar-refractivity contribution < 1.29 is 4.42 Å². The van der Waals surface area contributed by atoms with Crippen LogP contribution in [0.2, 0.25) is 0 Å². The molecule has 15 rings (SSSR count). The SMILES string of the molecule is c1ccc(C2(c3ccccc3)c3ccccc3-c3c(-c4ccc(N(c5ccc(-c6ccc(-c7cccc(-c8ccc9ccccc9c8)c7)cc6)cc5)c5ccc(-c6ccc7oc8ccccc8c7c6)cc5)cc4)cccc32)cc1. The second kappa shape index (κ2) is 19.1. The zero-order valence-electron chi connectivity index (χ0n) is 43.3. The normalized spacial score (nSPS) is 12.4. The zero-order valence-corrected chi connectivity index (χ0v) is 43.3. The van der Waals surface area contributed by atoms with Crippen molar-refractivity contribution in [3.05, 3.63) is 332 Å². The van der Waals surface area contributed by atoms with E-state index >= 15 is 0 Å². The van der Waals surface area contributed by atoms with E-state index in [4.69, 9.17) is 4.42 Å². The second-order valence-corrected chi connectivity index (χ2v) is 20.8. The maximum atomic E-state index is 6.19. The average Bonchev–Trinajstić information content (AvgIpc) is 4.10. The van der Waals surface area contributed by atoms with Crippen molar-refractivity contribution in [2.24, 2.45) is 0 Å². The highest BCUT2D eigenvalue weighted by atomic mass is 16.3. The summed E-state index contributed by atoms with van der Waals surface area (Å²) < 4.78 is 6.19. The predicted molar refractivity (Wildman–Crippen MR) is 330 cm³/mol. The molecule has 79 heavy (non-hydrogen) atoms. The molecule has 0 N–H and O–H groups in total. The molecule has 1 heterocycles. The lowest BCUT2D eigenvalue weighted by atomic mass is 9.67. The summed E-state index contributed by atoms with van der Waals surface area (Å²) >= 11 is 0. The lowest BCUT2D eigenvalue weighted by molar-refractivity contribution is 0.669. The van der Waals surface area contributed by atoms with Gasteiger partial charge in [0.15, 0.2) is 0 Å². The fourth-order valence-corrected chi connectivity index (χ4v) is 12.6. The quantitative estimate of drug-likeness (QED) is 0.136. The molecule has 370 valence electrons. The Balaban J connectivity index is 0.787. The molecule has 0 saturated heterocycles. The van der Waals surface area contributed by atoms with Gasteiger partial charge in [-0.05, 0) is 167 Å². The third-order valence-electron chi connectivity index (χ3n) is 16.4. The third kappa shape index (κ3) is 7.88. The highest BCUT2D eigenvalue weighted by Crippen LogP contribution is 2.58. The van der Waals surface area contributed by atoms with Crippen LogP contribution in [0, 0.1) is 0 Å². The molecule has 0 radical (unpaired) electrons. The Hall–Kier alpha value is -10.3. The van der Waals surface area contributed by atoms with E-state index in [9.17, 15) is 0 Å². The van der Waals surface area contributed by atoms with Gasteiger partial charge in [0.05, 0.1) is 5.41 Å². The predicted octanol–water partition coefficient (Wildman–Crippen LogP) is 20.9. The largest absolute Gasteiger partial charge is 0.456 e. The number of para-hydroxylation sites is 1. The minimum atomic E-state index is -0.468. The fraction of sp³-hybridized carbons (Fsp3) is 0.0130. The van der Waals surface area contributed by atoms with Crippen molar-refractivity contribution in [1.82, 2.24) is 0 Å². The highest BCUT2D eigenvalue weighted by Gasteiger charge is 2.46. The first-order valence-electron chi connectivity index (χ1n) is 27.2. The molecule has 0 amide bonds. The van der Waals surface area contributed by atoms with Crippen molar-refractivity contribution in [1.29, 1.82) is 0 Å². The van der Waals surface area contributed by atoms with E-state index in [2.05, 4.69) is 302 Å². The molecule has 2 nitrogen and oxygen atoms in total. The van der Waals surface area contributed by atoms with Gasteiger partial charge in [0.2, 0.25) is 0 Å². The molecule has 1 aliphatic carbocycles. The Morgan fingerprint density at radius 3 is 1.37 bits per heavy atom. The summed E-state index contributed by atoms with van der Waals surface area (Å²) in [6.07, 6.45) is 0. The van der Waals surface area contributed by atoms with Crippen molar-refractivity contribution in [2.75, 3.05) is 4.90 Å². The number of hydrogen-bond donors (Lipinski definition) is 0. The van der Waals surface area contributed by atoms with Crippen LogP contribution in [0.1, 0.15) is 22.3 Å². The van der Waals surface area contributed by atoms with E-state index in [0.29, 0.717) is 0 Å². The molecule has 1 aliphatic rings. The van der Waals surface area contributed by atoms with Crippen molar-refractivity contribution in [2.45, 2.75) is 5.41 Å². The van der Waals surface area contributed by atoms with Crippen LogP contribution in [0.25, 0.3) is 99.5 Å². The molecule has 14 aromatic rings. The van der Waals surface area contributed by atoms with Crippen molar-refractivity contribution in [3.8, 4) is 66.8 Å². The molecule has 0 aliphatic heterocycles. The number of rotatable bonds is 10. The monoisotopic (exact) mass is 1010 g/mol. The molecule has 0 unspecified atom stereocenters. The molecular formula is C77H51NO. The van der Waals surface area contributed by atoms with Crippen LogP contribution in [-0.2, 0) is 5.41 Å². The van der Waals surface area contributed by atoms with Crippen LogP contribution in [0.4, 0.5) is 17.1 Å². The Kier molecular flexibility index (Phi) is 11.1. The minimum absolute atomic E-state index is 0.468. The summed E-state index contributed by atoms with van der Waals surface area (Å²) in [5.74, 6) is 0. The smallest absolute Gasteiger partial charge is 0.135 e. The fourth-order valence-electron chi connectivity index (χ4n) is 12.6. The van der Waals surface area contributed by atoms with Crippen LogP contribution >= 0.6 is 0 Å². The van der Waals surface area contributed by atoms with Gasteiger partial charge in [0.1, 0.15) is 11.2 Å². The van der Waals surface area contributed by atoms with Gasteiger partial charge in [-0.3, -0.25) is 0 Å². The lowest BCUT2D eigenvalue weighted by Gasteiger charge is -2.34. The van der Waals surface area contributed by atoms with E-state index in [-0.39, 0.29) is 0 Å². The van der Waals surface area contributed by atoms with Gasteiger partial charge in [-0.25, -0.2) is 0 Å². The van der Waals surface area contributed by atoms with Crippen molar-refractivity contribution >= 4 is 49.8 Å². The van der Waals surface area contributed by atoms with Crippen molar-refractivity contribution in [3.63, 3.8) is 0 Å². The number of nitrogens with zero attached hydrogens (tertiary/aromatic N) is 1. The van der Waals surface area contributed by atoms with Crippen LogP contribution in [0.15, 0.2) is 314 Å². The molecule has 0 atom stereocenters. The van der Waals surface area contributed by atoms with E-state index in [0.717, 1.165) is 55.7 Å². The third-order valence-corrected chi connectivity index (χ3v) is 16.4. The van der Waals surface area contributed by atoms with Crippen LogP contribution in [-0.4, -0.2) is 0 Å². The van der Waals surface area contributed by atoms with Gasteiger partial charge in [0.25, 0.3) is 0 Å². The Morgan fingerprint density at radius 1 is 0.253 bits per heavy atom. The molecular weight excluding hydrogens is 955 g/mol. The van der Waals surface area contributed by atoms with E-state index in [1.807, 2.05) is 12.1 Å². The summed E-state index contributed by atoms with van der Waals surface area (Å²) in [6, 6.07) is 113. The zero-order chi connectivity index (χ0) is 52.3. The van der Waals surface area contributed by atoms with Gasteiger partial charge in [-0.1, -0.05) is 243 Å². The Bertz CT molecular complexity index is 4520. The molecule has 1 aromatic heterocycles. The van der Waals surface area contributed by atoms with Gasteiger partial charge in [-0.15, -0.1) is 0 Å². The number of benzene rings is 13. The minimum Gasteiger partial charge on any atom is -0.456 e. The Morgan fingerprint density at radius 2 is 0.696 bits per heavy atom. The van der Waals surface area contributed by atoms with Crippen LogP contribution in [0.3, 0.4) is 0 Å². The maximum absolute atomic E-state index is 6.19. The Labute approximate surface area is 460 Å². The topological polar surface area (TPSA) is 16.4 Å². The first-order chi connectivity index (χ1) is 39.1. The molecule has 0 bridgehead atoms. The van der Waals surface area contributed by atoms with Crippen LogP contribution < -0.4 is 4.90 Å². The van der Waals surface area contributed by atoms with Gasteiger partial charge >= 0.3 is 0 Å². The molecule has 13 aromatic carbocycles. The first-order valence-corrected chi connectivity index (χ1v) is 27.2. The first kappa shape index (κ1) is 46.1. The van der Waals surface area contributed by atoms with Gasteiger partial charge in [0, 0.05) is 27.8 Å². The summed E-state index contributed by atoms with van der Waals surface area (Å²) in [5.41, 5.74) is 24.1. The average molecular weight is 1010 g/mol. The summed E-state index contributed by atoms with van der Waals surface area (Å²) in [7, 11) is 0. The lowest BCUT2D eigenvalue weighted by Crippen LogP contribution is -2.28. The molecule has 2 heteroatoms. The standard InChI is InChI=1S/C77H51NO/c1-3-19-63(20-4-1)77(64-21-5-2-6-22-64)72-26-11-9-24-70(72)76-68(25-14-27-73(76)77)57-39-46-67(47-40-57)78(66-44-37-56(38-45-66)62-41-48-75-71(51-62)69-23-10-12-28-74(69)79-75)65-42-35-54(36-43-65)53-29-31-55(32-30-53)59-17-13-18-60(49-59)61-34-33-52-15-7-8-16-58(52)50-61/h1-51H. The highest BCUT2D eigenvalue weighted by molar-refractivity contribution is 6.06. The molecule has 0 saturated carbocycles. The maximum Gasteiger partial charge on any atom is 0.135 e. The number of fused-ring (bicyclic) bond motifs is 7. The summed E-state index contributed by atoms with van der Waals surface area (Å²) in [6.45, 7) is 0. The van der Waals surface area contributed by atoms with E-state index in [1.165, 1.54) is 83.1 Å². The molecule has 0 spiro atoms. The summed E-state index contributed by atoms with van der Waals surface area (Å²) in [5, 5.41) is 4.76. The van der Waals surface area contributed by atoms with E-state index < -0.39 is 5.41 Å². The number of anilines is 3. The van der Waals surface area contributed by atoms with E-state index in [1.54, 1.807) is 0 Å². The number of furan rings is 1. The van der Waals surface area contributed by atoms with Gasteiger partial charge in [-0.2, -0.15) is 0 Å². The molecule has 0 fully saturated rings. The number of hydrogen-bond acceptors (Lipinski definition) is 2. The summed E-state index contributed by atoms with van der Waals surface area (Å²) in [4.78, 5) is 2.37.